The minimum Gasteiger partial charge on any atom is -0.497 e. The van der Waals surface area contributed by atoms with Gasteiger partial charge in [-0.3, -0.25) is 9.59 Å². The molecule has 1 N–H and O–H groups in total. The number of nitrogens with one attached hydrogen (secondary N) is 1. The topological polar surface area (TPSA) is 69.6 Å². The molecular formula is C17H22N2O4. The highest BCUT2D eigenvalue weighted by Gasteiger charge is 2.17. The van der Waals surface area contributed by atoms with Gasteiger partial charge < -0.3 is 19.4 Å². The predicted molar refractivity (Wildman–Crippen MR) is 89.2 cm³/mol. The number of carbonyl (C=O) groups excluding carboxylic acids is 1. The number of hydrogen-bond acceptors (Lipinski definition) is 4. The predicted octanol–water partition coefficient (Wildman–Crippen LogP) is 1.79. The van der Waals surface area contributed by atoms with E-state index in [-0.39, 0.29) is 17.0 Å². The van der Waals surface area contributed by atoms with E-state index >= 15 is 0 Å². The number of amides is 1. The first-order valence-electron chi connectivity index (χ1n) is 7.52. The quantitative estimate of drug-likeness (QED) is 0.881. The number of nitrogens with zero attached hydrogens (tertiary/aromatic N) is 1. The normalized spacial score (nSPS) is 12.2. The van der Waals surface area contributed by atoms with Gasteiger partial charge >= 0.3 is 0 Å². The van der Waals surface area contributed by atoms with Gasteiger partial charge in [0.25, 0.3) is 5.91 Å². The van der Waals surface area contributed by atoms with E-state index in [1.54, 1.807) is 32.5 Å². The molecule has 0 spiro atoms. The van der Waals surface area contributed by atoms with Crippen LogP contribution in [0.3, 0.4) is 0 Å². The fraction of sp³-hybridized carbons (Fsp3) is 0.412. The maximum absolute atomic E-state index is 12.7. The van der Waals surface area contributed by atoms with E-state index in [1.807, 2.05) is 24.5 Å². The van der Waals surface area contributed by atoms with Crippen LogP contribution in [0.5, 0.6) is 5.75 Å². The first kappa shape index (κ1) is 17.0. The molecule has 6 nitrogen and oxygen atoms in total. The summed E-state index contributed by atoms with van der Waals surface area (Å²) in [6, 6.07) is 5.12. The average Bonchev–Trinajstić information content (AvgIpc) is 2.55. The van der Waals surface area contributed by atoms with Gasteiger partial charge in [0.1, 0.15) is 11.3 Å². The molecule has 2 rings (SSSR count). The Hall–Kier alpha value is -2.34. The fourth-order valence-corrected chi connectivity index (χ4v) is 2.52. The van der Waals surface area contributed by atoms with Crippen molar-refractivity contribution < 1.29 is 14.3 Å². The first-order chi connectivity index (χ1) is 11.0. The number of fused-ring (bicyclic) bond motifs is 1. The molecule has 0 aliphatic carbocycles. The number of pyridine rings is 1. The average molecular weight is 318 g/mol. The summed E-state index contributed by atoms with van der Waals surface area (Å²) in [6.07, 6.45) is 1.60. The number of rotatable bonds is 6. The second kappa shape index (κ2) is 7.28. The van der Waals surface area contributed by atoms with Crippen molar-refractivity contribution in [2.24, 2.45) is 0 Å². The van der Waals surface area contributed by atoms with Crippen LogP contribution >= 0.6 is 0 Å². The van der Waals surface area contributed by atoms with Crippen LogP contribution in [-0.4, -0.2) is 37.3 Å². The second-order valence-electron chi connectivity index (χ2n) is 5.37. The van der Waals surface area contributed by atoms with Gasteiger partial charge in [-0.05, 0) is 32.0 Å². The number of hydrogen-bond donors (Lipinski definition) is 1. The number of aromatic nitrogens is 1. The Labute approximate surface area is 135 Å². The molecule has 1 atom stereocenters. The van der Waals surface area contributed by atoms with Gasteiger partial charge in [-0.2, -0.15) is 0 Å². The monoisotopic (exact) mass is 318 g/mol. The van der Waals surface area contributed by atoms with Gasteiger partial charge in [0.05, 0.1) is 24.6 Å². The van der Waals surface area contributed by atoms with Crippen LogP contribution in [-0.2, 0) is 11.3 Å². The summed E-state index contributed by atoms with van der Waals surface area (Å²) in [5.41, 5.74) is 0.598. The molecule has 0 saturated carbocycles. The molecule has 0 aliphatic heterocycles. The summed E-state index contributed by atoms with van der Waals surface area (Å²) in [5.74, 6) is 0.189. The van der Waals surface area contributed by atoms with Crippen LogP contribution in [0.25, 0.3) is 10.9 Å². The van der Waals surface area contributed by atoms with Crippen LogP contribution in [0.2, 0.25) is 0 Å². The third kappa shape index (κ3) is 3.53. The molecule has 124 valence electrons. The number of carbonyl (C=O) groups is 1. The standard InChI is InChI=1S/C17H22N2O4/c1-5-19-9-14(17(21)18-11(2)10-22-3)16(20)13-8-12(23-4)6-7-15(13)19/h6-9,11H,5,10H2,1-4H3,(H,18,21)/t11-/m0/s1. The lowest BCUT2D eigenvalue weighted by Crippen LogP contribution is -2.38. The van der Waals surface area contributed by atoms with Crippen molar-refractivity contribution in [2.45, 2.75) is 26.4 Å². The number of methoxy groups -OCH3 is 2. The van der Waals surface area contributed by atoms with Crippen LogP contribution in [0, 0.1) is 0 Å². The summed E-state index contributed by atoms with van der Waals surface area (Å²) < 4.78 is 12.1. The van der Waals surface area contributed by atoms with Crippen molar-refractivity contribution in [1.29, 1.82) is 0 Å². The molecule has 6 heteroatoms. The largest absolute Gasteiger partial charge is 0.497 e. The molecular weight excluding hydrogens is 296 g/mol. The molecule has 1 aromatic heterocycles. The van der Waals surface area contributed by atoms with Crippen molar-refractivity contribution in [1.82, 2.24) is 9.88 Å². The lowest BCUT2D eigenvalue weighted by Gasteiger charge is -2.15. The number of benzene rings is 1. The Kier molecular flexibility index (Phi) is 5.39. The lowest BCUT2D eigenvalue weighted by atomic mass is 10.1. The van der Waals surface area contributed by atoms with E-state index in [0.29, 0.717) is 24.3 Å². The summed E-state index contributed by atoms with van der Waals surface area (Å²) in [5, 5.41) is 3.24. The van der Waals surface area contributed by atoms with E-state index in [1.165, 1.54) is 0 Å². The van der Waals surface area contributed by atoms with Crippen LogP contribution in [0.1, 0.15) is 24.2 Å². The Bertz CT molecular complexity index is 767. The maximum Gasteiger partial charge on any atom is 0.257 e. The maximum atomic E-state index is 12.7. The summed E-state index contributed by atoms with van der Waals surface area (Å²) in [7, 11) is 3.11. The first-order valence-corrected chi connectivity index (χ1v) is 7.52. The van der Waals surface area contributed by atoms with Gasteiger partial charge in [-0.1, -0.05) is 0 Å². The van der Waals surface area contributed by atoms with Gasteiger partial charge in [-0.15, -0.1) is 0 Å². The Morgan fingerprint density at radius 3 is 2.70 bits per heavy atom. The van der Waals surface area contributed by atoms with Crippen molar-refractivity contribution >= 4 is 16.8 Å². The molecule has 0 radical (unpaired) electrons. The summed E-state index contributed by atoms with van der Waals surface area (Å²) in [4.78, 5) is 25.1. The zero-order valence-electron chi connectivity index (χ0n) is 13.9. The highest BCUT2D eigenvalue weighted by molar-refractivity contribution is 5.97. The van der Waals surface area contributed by atoms with E-state index < -0.39 is 5.91 Å². The van der Waals surface area contributed by atoms with Gasteiger partial charge in [-0.25, -0.2) is 0 Å². The zero-order valence-corrected chi connectivity index (χ0v) is 13.9. The highest BCUT2D eigenvalue weighted by atomic mass is 16.5. The molecule has 0 fully saturated rings. The van der Waals surface area contributed by atoms with Crippen molar-refractivity contribution in [3.63, 3.8) is 0 Å². The van der Waals surface area contributed by atoms with Crippen LogP contribution in [0.15, 0.2) is 29.2 Å². The van der Waals surface area contributed by atoms with Gasteiger partial charge in [0, 0.05) is 25.9 Å². The van der Waals surface area contributed by atoms with E-state index in [0.717, 1.165) is 5.52 Å². The molecule has 0 aliphatic rings. The smallest absolute Gasteiger partial charge is 0.257 e. The Balaban J connectivity index is 2.54. The molecule has 0 unspecified atom stereocenters. The van der Waals surface area contributed by atoms with Gasteiger partial charge in [0.15, 0.2) is 0 Å². The number of ether oxygens (including phenoxy) is 2. The highest BCUT2D eigenvalue weighted by Crippen LogP contribution is 2.19. The van der Waals surface area contributed by atoms with Crippen molar-refractivity contribution in [2.75, 3.05) is 20.8 Å². The zero-order chi connectivity index (χ0) is 17.0. The summed E-state index contributed by atoms with van der Waals surface area (Å²) >= 11 is 0. The molecule has 23 heavy (non-hydrogen) atoms. The minimum absolute atomic E-state index is 0.121. The molecule has 0 bridgehead atoms. The van der Waals surface area contributed by atoms with Crippen molar-refractivity contribution in [3.8, 4) is 5.75 Å². The molecule has 2 aromatic rings. The van der Waals surface area contributed by atoms with E-state index in [9.17, 15) is 9.59 Å². The third-order valence-corrected chi connectivity index (χ3v) is 3.67. The SMILES string of the molecule is CCn1cc(C(=O)N[C@@H](C)COC)c(=O)c2cc(OC)ccc21. The Morgan fingerprint density at radius 1 is 1.35 bits per heavy atom. The van der Waals surface area contributed by atoms with Gasteiger partial charge in [0.2, 0.25) is 5.43 Å². The van der Waals surface area contributed by atoms with Crippen LogP contribution < -0.4 is 15.5 Å². The molecule has 1 heterocycles. The second-order valence-corrected chi connectivity index (χ2v) is 5.37. The minimum atomic E-state index is -0.397. The molecule has 1 aromatic carbocycles. The summed E-state index contributed by atoms with van der Waals surface area (Å²) in [6.45, 7) is 4.82. The van der Waals surface area contributed by atoms with E-state index in [4.69, 9.17) is 9.47 Å². The molecule has 0 saturated heterocycles. The van der Waals surface area contributed by atoms with Crippen LogP contribution in [0.4, 0.5) is 0 Å². The van der Waals surface area contributed by atoms with Crippen molar-refractivity contribution in [3.05, 3.63) is 40.2 Å². The number of aryl methyl sites for hydroxylation is 1. The third-order valence-electron chi connectivity index (χ3n) is 3.67. The lowest BCUT2D eigenvalue weighted by molar-refractivity contribution is 0.0904. The fourth-order valence-electron chi connectivity index (χ4n) is 2.52. The Morgan fingerprint density at radius 2 is 2.09 bits per heavy atom. The molecule has 1 amide bonds. The van der Waals surface area contributed by atoms with E-state index in [2.05, 4.69) is 5.32 Å².